The fourth-order valence-electron chi connectivity index (χ4n) is 4.39. The maximum absolute atomic E-state index is 13.3. The van der Waals surface area contributed by atoms with Crippen LogP contribution in [0.3, 0.4) is 0 Å². The highest BCUT2D eigenvalue weighted by Gasteiger charge is 2.45. The third kappa shape index (κ3) is 3.10. The number of esters is 1. The zero-order valence-electron chi connectivity index (χ0n) is 17.6. The second kappa shape index (κ2) is 7.52. The summed E-state index contributed by atoms with van der Waals surface area (Å²) in [5.74, 6) is -1.93. The summed E-state index contributed by atoms with van der Waals surface area (Å²) in [6.45, 7) is 1.04. The van der Waals surface area contributed by atoms with Gasteiger partial charge in [0.25, 0.3) is 5.56 Å². The van der Waals surface area contributed by atoms with Gasteiger partial charge in [-0.2, -0.15) is 0 Å². The zero-order chi connectivity index (χ0) is 23.3. The molecule has 0 saturated carbocycles. The van der Waals surface area contributed by atoms with Gasteiger partial charge in [0.15, 0.2) is 5.60 Å². The topological polar surface area (TPSA) is 140 Å². The first-order valence-corrected chi connectivity index (χ1v) is 10.3. The van der Waals surface area contributed by atoms with E-state index in [4.69, 9.17) is 19.7 Å². The van der Waals surface area contributed by atoms with Crippen molar-refractivity contribution in [1.29, 1.82) is 0 Å². The summed E-state index contributed by atoms with van der Waals surface area (Å²) in [5.41, 5.74) is 1.17. The van der Waals surface area contributed by atoms with Crippen LogP contribution in [0.5, 0.6) is 0 Å². The largest absolute Gasteiger partial charge is 0.479 e. The average Bonchev–Trinajstić information content (AvgIpc) is 3.17. The molecule has 2 aliphatic heterocycles. The van der Waals surface area contributed by atoms with Gasteiger partial charge in [-0.15, -0.1) is 0 Å². The summed E-state index contributed by atoms with van der Waals surface area (Å²) in [6, 6.07) is 8.95. The molecule has 0 radical (unpaired) electrons. The van der Waals surface area contributed by atoms with Gasteiger partial charge in [-0.1, -0.05) is 30.3 Å². The predicted molar refractivity (Wildman–Crippen MR) is 116 cm³/mol. The van der Waals surface area contributed by atoms with Gasteiger partial charge in [0, 0.05) is 22.1 Å². The normalized spacial score (nSPS) is 18.7. The predicted octanol–water partition coefficient (Wildman–Crippen LogP) is 1.51. The molecule has 5 rings (SSSR count). The van der Waals surface area contributed by atoms with E-state index in [9.17, 15) is 19.5 Å². The molecule has 0 unspecified atom stereocenters. The SMILES string of the molecule is CC[C@@]1(O)C(=O)OCc2c1cc1n(c2=O)Cc2c-1nc1ccccc1c2/C=N/OCC(=O)O. The van der Waals surface area contributed by atoms with E-state index in [-0.39, 0.29) is 36.3 Å². The number of carbonyl (C=O) groups is 2. The number of hydrogen-bond acceptors (Lipinski definition) is 8. The number of fused-ring (bicyclic) bond motifs is 5. The number of pyridine rings is 2. The highest BCUT2D eigenvalue weighted by molar-refractivity contribution is 6.02. The number of aliphatic carboxylic acids is 1. The Morgan fingerprint density at radius 3 is 2.88 bits per heavy atom. The minimum absolute atomic E-state index is 0.0541. The number of carboxylic acids is 1. The number of cyclic esters (lactones) is 1. The summed E-state index contributed by atoms with van der Waals surface area (Å²) >= 11 is 0. The van der Waals surface area contributed by atoms with E-state index in [2.05, 4.69) is 5.16 Å². The monoisotopic (exact) mass is 449 g/mol. The van der Waals surface area contributed by atoms with Crippen LogP contribution in [0.4, 0.5) is 0 Å². The summed E-state index contributed by atoms with van der Waals surface area (Å²) in [5, 5.41) is 24.3. The van der Waals surface area contributed by atoms with Crippen LogP contribution < -0.4 is 5.56 Å². The fourth-order valence-corrected chi connectivity index (χ4v) is 4.39. The minimum Gasteiger partial charge on any atom is -0.479 e. The van der Waals surface area contributed by atoms with Crippen molar-refractivity contribution in [2.45, 2.75) is 32.1 Å². The van der Waals surface area contributed by atoms with Crippen molar-refractivity contribution >= 4 is 29.1 Å². The molecule has 10 nitrogen and oxygen atoms in total. The summed E-state index contributed by atoms with van der Waals surface area (Å²) < 4.78 is 6.62. The molecule has 0 bridgehead atoms. The number of aliphatic hydroxyl groups is 1. The van der Waals surface area contributed by atoms with Gasteiger partial charge in [-0.3, -0.25) is 4.79 Å². The van der Waals surface area contributed by atoms with Crippen LogP contribution in [0.25, 0.3) is 22.3 Å². The molecule has 10 heteroatoms. The number of carboxylic acid groups (broad SMARTS) is 1. The number of para-hydroxylation sites is 1. The molecular formula is C23H19N3O7. The van der Waals surface area contributed by atoms with Gasteiger partial charge in [0.2, 0.25) is 6.61 Å². The fraction of sp³-hybridized carbons (Fsp3) is 0.261. The van der Waals surface area contributed by atoms with Crippen LogP contribution in [0.2, 0.25) is 0 Å². The molecule has 1 atom stereocenters. The van der Waals surface area contributed by atoms with E-state index >= 15 is 0 Å². The van der Waals surface area contributed by atoms with E-state index < -0.39 is 24.1 Å². The Labute approximate surface area is 186 Å². The van der Waals surface area contributed by atoms with Crippen LogP contribution in [-0.4, -0.2) is 44.5 Å². The van der Waals surface area contributed by atoms with Crippen molar-refractivity contribution in [3.63, 3.8) is 0 Å². The van der Waals surface area contributed by atoms with E-state index in [0.29, 0.717) is 28.0 Å². The molecule has 2 aromatic heterocycles. The van der Waals surface area contributed by atoms with E-state index in [1.54, 1.807) is 13.0 Å². The maximum atomic E-state index is 13.3. The lowest BCUT2D eigenvalue weighted by Crippen LogP contribution is -2.44. The van der Waals surface area contributed by atoms with Gasteiger partial charge in [0.05, 0.1) is 35.2 Å². The highest BCUT2D eigenvalue weighted by atomic mass is 16.6. The molecule has 0 saturated heterocycles. The molecular weight excluding hydrogens is 430 g/mol. The highest BCUT2D eigenvalue weighted by Crippen LogP contribution is 2.39. The first kappa shape index (κ1) is 20.8. The molecule has 2 N–H and O–H groups in total. The second-order valence-corrected chi connectivity index (χ2v) is 7.87. The van der Waals surface area contributed by atoms with Crippen LogP contribution in [0, 0.1) is 0 Å². The average molecular weight is 449 g/mol. The van der Waals surface area contributed by atoms with E-state index in [1.807, 2.05) is 24.3 Å². The van der Waals surface area contributed by atoms with Crippen LogP contribution >= 0.6 is 0 Å². The van der Waals surface area contributed by atoms with Crippen molar-refractivity contribution in [3.8, 4) is 11.4 Å². The molecule has 0 fully saturated rings. The molecule has 33 heavy (non-hydrogen) atoms. The van der Waals surface area contributed by atoms with Gasteiger partial charge >= 0.3 is 11.9 Å². The Morgan fingerprint density at radius 1 is 1.33 bits per heavy atom. The lowest BCUT2D eigenvalue weighted by molar-refractivity contribution is -0.172. The Hall–Kier alpha value is -4.05. The number of hydrogen-bond donors (Lipinski definition) is 2. The number of carbonyl (C=O) groups excluding carboxylic acids is 1. The number of ether oxygens (including phenoxy) is 1. The zero-order valence-corrected chi connectivity index (χ0v) is 17.6. The minimum atomic E-state index is -1.91. The molecule has 0 spiro atoms. The molecule has 3 aromatic rings. The Bertz CT molecular complexity index is 1430. The van der Waals surface area contributed by atoms with Crippen molar-refractivity contribution < 1.29 is 29.4 Å². The molecule has 1 aromatic carbocycles. The number of aromatic nitrogens is 2. The van der Waals surface area contributed by atoms with E-state index in [0.717, 1.165) is 5.39 Å². The molecule has 0 amide bonds. The summed E-state index contributed by atoms with van der Waals surface area (Å²) in [4.78, 5) is 46.0. The van der Waals surface area contributed by atoms with Crippen molar-refractivity contribution in [2.24, 2.45) is 5.16 Å². The van der Waals surface area contributed by atoms with Gasteiger partial charge in [-0.05, 0) is 18.6 Å². The molecule has 168 valence electrons. The summed E-state index contributed by atoms with van der Waals surface area (Å²) in [7, 11) is 0. The van der Waals surface area contributed by atoms with E-state index in [1.165, 1.54) is 10.8 Å². The number of nitrogens with zero attached hydrogens (tertiary/aromatic N) is 3. The molecule has 2 aliphatic rings. The molecule has 0 aliphatic carbocycles. The number of rotatable bonds is 5. The van der Waals surface area contributed by atoms with Gasteiger partial charge in [-0.25, -0.2) is 14.6 Å². The Morgan fingerprint density at radius 2 is 2.12 bits per heavy atom. The van der Waals surface area contributed by atoms with Crippen LogP contribution in [0.1, 0.15) is 35.6 Å². The number of benzene rings is 1. The van der Waals surface area contributed by atoms with Crippen molar-refractivity contribution in [2.75, 3.05) is 6.61 Å². The van der Waals surface area contributed by atoms with Crippen LogP contribution in [-0.2, 0) is 37.9 Å². The van der Waals surface area contributed by atoms with Gasteiger partial charge in [0.1, 0.15) is 6.61 Å². The quantitative estimate of drug-likeness (QED) is 0.265. The number of oxime groups is 1. The summed E-state index contributed by atoms with van der Waals surface area (Å²) in [6.07, 6.45) is 1.47. The third-order valence-electron chi connectivity index (χ3n) is 6.08. The Kier molecular flexibility index (Phi) is 4.75. The Balaban J connectivity index is 1.73. The first-order valence-electron chi connectivity index (χ1n) is 10.3. The van der Waals surface area contributed by atoms with Crippen molar-refractivity contribution in [1.82, 2.24) is 9.55 Å². The van der Waals surface area contributed by atoms with Crippen molar-refractivity contribution in [3.05, 3.63) is 62.9 Å². The van der Waals surface area contributed by atoms with Gasteiger partial charge < -0.3 is 24.4 Å². The lowest BCUT2D eigenvalue weighted by Gasteiger charge is -2.31. The smallest absolute Gasteiger partial charge is 0.344 e. The maximum Gasteiger partial charge on any atom is 0.344 e. The van der Waals surface area contributed by atoms with Crippen LogP contribution in [0.15, 0.2) is 40.3 Å². The second-order valence-electron chi connectivity index (χ2n) is 7.87. The first-order chi connectivity index (χ1) is 15.8. The third-order valence-corrected chi connectivity index (χ3v) is 6.08. The standard InChI is InChI=1S/C23H19N3O7/c1-2-23(31)16-7-18-20-14(9-26(18)21(29)15(16)10-32-22(23)30)13(8-24-33-11-19(27)28)12-5-3-4-6-17(12)25-20/h3-8,31H,2,9-11H2,1H3,(H,27,28)/b24-8+/t23-/m0/s1. The lowest BCUT2D eigenvalue weighted by atomic mass is 9.86. The molecule has 4 heterocycles.